The summed E-state index contributed by atoms with van der Waals surface area (Å²) in [6.45, 7) is 0.211. The molecule has 162 valence electrons. The summed E-state index contributed by atoms with van der Waals surface area (Å²) in [5, 5.41) is 16.0. The van der Waals surface area contributed by atoms with Gasteiger partial charge in [-0.1, -0.05) is 6.07 Å². The van der Waals surface area contributed by atoms with Gasteiger partial charge in [0.2, 0.25) is 0 Å². The third kappa shape index (κ3) is 4.42. The number of fused-ring (bicyclic) bond motifs is 2. The highest BCUT2D eigenvalue weighted by Gasteiger charge is 2.25. The normalized spacial score (nSPS) is 20.2. The molecule has 1 saturated carbocycles. The van der Waals surface area contributed by atoms with Gasteiger partial charge in [0, 0.05) is 15.6 Å². The van der Waals surface area contributed by atoms with Crippen LogP contribution in [0, 0.1) is 0 Å². The van der Waals surface area contributed by atoms with Crippen LogP contribution in [0.2, 0.25) is 0 Å². The fourth-order valence-electron chi connectivity index (χ4n) is 4.49. The van der Waals surface area contributed by atoms with Crippen LogP contribution in [0.5, 0.6) is 11.5 Å². The van der Waals surface area contributed by atoms with E-state index in [0.29, 0.717) is 12.0 Å². The summed E-state index contributed by atoms with van der Waals surface area (Å²) >= 11 is 1.88. The summed E-state index contributed by atoms with van der Waals surface area (Å²) in [7, 11) is 1.71. The second-order valence-corrected chi connectivity index (χ2v) is 9.30. The van der Waals surface area contributed by atoms with E-state index < -0.39 is 6.23 Å². The zero-order chi connectivity index (χ0) is 21.2. The molecule has 2 aromatic heterocycles. The molecule has 0 saturated heterocycles. The molecule has 0 bridgehead atoms. The molecular weight excluding hydrogens is 410 g/mol. The molecule has 1 aliphatic rings. The fourth-order valence-corrected chi connectivity index (χ4v) is 5.75. The SMILES string of the molecule is COc1ccc2cc(C3CCC(NC(O)COc4cccc5occc45)CC3)sc2c1. The van der Waals surface area contributed by atoms with Crippen LogP contribution in [0.1, 0.15) is 36.5 Å². The second-order valence-electron chi connectivity index (χ2n) is 8.18. The molecule has 2 N–H and O–H groups in total. The van der Waals surface area contributed by atoms with Crippen molar-refractivity contribution in [2.75, 3.05) is 13.7 Å². The van der Waals surface area contributed by atoms with Crippen LogP contribution in [0.25, 0.3) is 21.1 Å². The maximum absolute atomic E-state index is 10.4. The van der Waals surface area contributed by atoms with Gasteiger partial charge in [0.1, 0.15) is 29.9 Å². The van der Waals surface area contributed by atoms with Crippen LogP contribution in [-0.4, -0.2) is 31.1 Å². The van der Waals surface area contributed by atoms with Crippen molar-refractivity contribution in [3.63, 3.8) is 0 Å². The van der Waals surface area contributed by atoms with Gasteiger partial charge in [-0.05, 0) is 79.5 Å². The molecule has 1 unspecified atom stereocenters. The number of nitrogens with one attached hydrogen (secondary N) is 1. The molecule has 2 aromatic carbocycles. The smallest absolute Gasteiger partial charge is 0.139 e. The summed E-state index contributed by atoms with van der Waals surface area (Å²) in [5.41, 5.74) is 0.790. The molecule has 31 heavy (non-hydrogen) atoms. The summed E-state index contributed by atoms with van der Waals surface area (Å²) in [6, 6.07) is 16.5. The highest BCUT2D eigenvalue weighted by Crippen LogP contribution is 2.40. The van der Waals surface area contributed by atoms with Crippen molar-refractivity contribution >= 4 is 32.4 Å². The molecule has 0 spiro atoms. The Morgan fingerprint density at radius 1 is 1.13 bits per heavy atom. The molecule has 5 rings (SSSR count). The third-order valence-electron chi connectivity index (χ3n) is 6.16. The fraction of sp³-hybridized carbons (Fsp3) is 0.360. The molecule has 0 aliphatic heterocycles. The summed E-state index contributed by atoms with van der Waals surface area (Å²) in [4.78, 5) is 1.46. The van der Waals surface area contributed by atoms with Crippen LogP contribution in [-0.2, 0) is 0 Å². The molecule has 4 aromatic rings. The average molecular weight is 438 g/mol. The minimum Gasteiger partial charge on any atom is -0.497 e. The first-order valence-electron chi connectivity index (χ1n) is 10.8. The van der Waals surface area contributed by atoms with Gasteiger partial charge in [0.05, 0.1) is 18.8 Å². The molecule has 2 heterocycles. The van der Waals surface area contributed by atoms with Crippen molar-refractivity contribution in [2.45, 2.75) is 43.9 Å². The van der Waals surface area contributed by atoms with Crippen molar-refractivity contribution in [2.24, 2.45) is 0 Å². The van der Waals surface area contributed by atoms with Crippen molar-refractivity contribution in [3.8, 4) is 11.5 Å². The first-order valence-corrected chi connectivity index (χ1v) is 11.6. The lowest BCUT2D eigenvalue weighted by Crippen LogP contribution is -2.43. The lowest BCUT2D eigenvalue weighted by Gasteiger charge is -2.30. The van der Waals surface area contributed by atoms with Crippen molar-refractivity contribution < 1.29 is 19.0 Å². The zero-order valence-corrected chi connectivity index (χ0v) is 18.4. The van der Waals surface area contributed by atoms with Crippen molar-refractivity contribution in [1.29, 1.82) is 0 Å². The summed E-state index contributed by atoms with van der Waals surface area (Å²) in [5.74, 6) is 2.24. The number of aliphatic hydroxyl groups is 1. The van der Waals surface area contributed by atoms with E-state index in [4.69, 9.17) is 13.9 Å². The van der Waals surface area contributed by atoms with E-state index >= 15 is 0 Å². The zero-order valence-electron chi connectivity index (χ0n) is 17.5. The maximum atomic E-state index is 10.4. The largest absolute Gasteiger partial charge is 0.497 e. The quantitative estimate of drug-likeness (QED) is 0.365. The molecule has 1 aliphatic carbocycles. The lowest BCUT2D eigenvalue weighted by molar-refractivity contribution is 0.0626. The Morgan fingerprint density at radius 3 is 2.84 bits per heavy atom. The van der Waals surface area contributed by atoms with Crippen LogP contribution >= 0.6 is 11.3 Å². The number of hydrogen-bond donors (Lipinski definition) is 2. The molecule has 5 nitrogen and oxygen atoms in total. The van der Waals surface area contributed by atoms with Gasteiger partial charge in [0.15, 0.2) is 0 Å². The minimum absolute atomic E-state index is 0.211. The molecule has 6 heteroatoms. The number of benzene rings is 2. The van der Waals surface area contributed by atoms with Gasteiger partial charge in [0.25, 0.3) is 0 Å². The van der Waals surface area contributed by atoms with Crippen LogP contribution in [0.3, 0.4) is 0 Å². The predicted molar refractivity (Wildman–Crippen MR) is 124 cm³/mol. The van der Waals surface area contributed by atoms with Gasteiger partial charge < -0.3 is 19.0 Å². The van der Waals surface area contributed by atoms with E-state index in [0.717, 1.165) is 48.2 Å². The number of furan rings is 1. The van der Waals surface area contributed by atoms with Crippen LogP contribution in [0.4, 0.5) is 0 Å². The maximum Gasteiger partial charge on any atom is 0.139 e. The van der Waals surface area contributed by atoms with Crippen molar-refractivity contribution in [3.05, 3.63) is 59.7 Å². The van der Waals surface area contributed by atoms with E-state index in [-0.39, 0.29) is 6.61 Å². The third-order valence-corrected chi connectivity index (χ3v) is 7.42. The first-order chi connectivity index (χ1) is 15.2. The number of thiophene rings is 1. The highest BCUT2D eigenvalue weighted by molar-refractivity contribution is 7.19. The summed E-state index contributed by atoms with van der Waals surface area (Å²) < 4.78 is 17.9. The number of hydrogen-bond acceptors (Lipinski definition) is 6. The Hall–Kier alpha value is -2.54. The summed E-state index contributed by atoms with van der Waals surface area (Å²) in [6.07, 6.45) is 5.32. The van der Waals surface area contributed by atoms with Crippen LogP contribution < -0.4 is 14.8 Å². The Balaban J connectivity index is 1.13. The van der Waals surface area contributed by atoms with Gasteiger partial charge in [-0.3, -0.25) is 5.32 Å². The molecule has 1 fully saturated rings. The van der Waals surface area contributed by atoms with E-state index in [2.05, 4.69) is 23.5 Å². The minimum atomic E-state index is -0.694. The standard InChI is InChI=1S/C25H27NO4S/c1-28-19-10-7-17-13-23(31-24(17)14-19)16-5-8-18(9-6-16)26-25(27)15-30-22-4-2-3-21-20(22)11-12-29-21/h2-4,7,10-14,16,18,25-27H,5-6,8-9,15H2,1H3. The Morgan fingerprint density at radius 2 is 2.00 bits per heavy atom. The molecule has 1 atom stereocenters. The van der Waals surface area contributed by atoms with Gasteiger partial charge in [-0.15, -0.1) is 11.3 Å². The Labute approximate surface area is 185 Å². The molecule has 0 amide bonds. The number of methoxy groups -OCH3 is 1. The monoisotopic (exact) mass is 437 g/mol. The topological polar surface area (TPSA) is 63.9 Å². The first kappa shape index (κ1) is 20.4. The highest BCUT2D eigenvalue weighted by atomic mass is 32.1. The van der Waals surface area contributed by atoms with Crippen molar-refractivity contribution in [1.82, 2.24) is 5.32 Å². The van der Waals surface area contributed by atoms with Gasteiger partial charge >= 0.3 is 0 Å². The van der Waals surface area contributed by atoms with Gasteiger partial charge in [-0.2, -0.15) is 0 Å². The Bertz CT molecular complexity index is 1160. The molecule has 0 radical (unpaired) electrons. The molecular formula is C25H27NO4S. The average Bonchev–Trinajstić information content (AvgIpc) is 3.44. The predicted octanol–water partition coefficient (Wildman–Crippen LogP) is 5.67. The second kappa shape index (κ2) is 8.91. The van der Waals surface area contributed by atoms with Gasteiger partial charge in [-0.25, -0.2) is 0 Å². The number of rotatable bonds is 7. The number of ether oxygens (including phenoxy) is 2. The van der Waals surface area contributed by atoms with Crippen LogP contribution in [0.15, 0.2) is 59.2 Å². The lowest BCUT2D eigenvalue weighted by atomic mass is 9.85. The van der Waals surface area contributed by atoms with E-state index in [1.165, 1.54) is 15.0 Å². The Kier molecular flexibility index (Phi) is 5.85. The van der Waals surface area contributed by atoms with E-state index in [1.807, 2.05) is 41.7 Å². The van der Waals surface area contributed by atoms with E-state index in [1.54, 1.807) is 13.4 Å². The number of aliphatic hydroxyl groups excluding tert-OH is 1. The van der Waals surface area contributed by atoms with E-state index in [9.17, 15) is 5.11 Å².